The summed E-state index contributed by atoms with van der Waals surface area (Å²) in [5.74, 6) is 1.50. The van der Waals surface area contributed by atoms with Crippen LogP contribution in [-0.4, -0.2) is 32.9 Å². The first kappa shape index (κ1) is 22.0. The van der Waals surface area contributed by atoms with Crippen LogP contribution in [0.2, 0.25) is 0 Å². The number of nitrogens with zero attached hydrogens (tertiary/aromatic N) is 2. The van der Waals surface area contributed by atoms with E-state index < -0.39 is 6.10 Å². The number of hydrogen-bond donors (Lipinski definition) is 0. The molecule has 5 heteroatoms. The summed E-state index contributed by atoms with van der Waals surface area (Å²) in [6.07, 6.45) is 10.2. The van der Waals surface area contributed by atoms with Crippen LogP contribution in [0, 0.1) is 5.92 Å². The highest BCUT2D eigenvalue weighted by atomic mass is 35.5. The molecule has 1 aliphatic carbocycles. The molecule has 26 heavy (non-hydrogen) atoms. The standard InChI is InChI=1S/C21H29ClN2O2/c1-8-9-17(16(4)23-5)13-15(3)26-20(21(24-6)25-7)19-11-10-18(22)12-14(19)2/h8-11,13-14,20H,5,12H2,1-4,6-7H3/b9-8-,15-13+,17-16+,24-21-/t14-,20?/m0/s1. The second kappa shape index (κ2) is 10.8. The maximum absolute atomic E-state index is 6.25. The van der Waals surface area contributed by atoms with Crippen LogP contribution in [0.4, 0.5) is 0 Å². The molecular weight excluding hydrogens is 348 g/mol. The maximum Gasteiger partial charge on any atom is 0.229 e. The van der Waals surface area contributed by atoms with Crippen molar-refractivity contribution < 1.29 is 9.47 Å². The summed E-state index contributed by atoms with van der Waals surface area (Å²) in [7, 11) is 3.30. The highest BCUT2D eigenvalue weighted by molar-refractivity contribution is 6.29. The molecule has 0 fully saturated rings. The van der Waals surface area contributed by atoms with Crippen molar-refractivity contribution in [2.45, 2.75) is 40.2 Å². The lowest BCUT2D eigenvalue weighted by Crippen LogP contribution is -2.31. The second-order valence-corrected chi connectivity index (χ2v) is 6.59. The molecule has 142 valence electrons. The van der Waals surface area contributed by atoms with Crippen molar-refractivity contribution in [2.24, 2.45) is 15.9 Å². The Morgan fingerprint density at radius 3 is 2.58 bits per heavy atom. The predicted molar refractivity (Wildman–Crippen MR) is 112 cm³/mol. The fourth-order valence-corrected chi connectivity index (χ4v) is 3.03. The highest BCUT2D eigenvalue weighted by Crippen LogP contribution is 2.31. The van der Waals surface area contributed by atoms with Crippen molar-refractivity contribution >= 4 is 24.2 Å². The zero-order valence-electron chi connectivity index (χ0n) is 16.5. The van der Waals surface area contributed by atoms with Gasteiger partial charge in [-0.05, 0) is 63.1 Å². The molecule has 0 aromatic heterocycles. The summed E-state index contributed by atoms with van der Waals surface area (Å²) in [6, 6.07) is 0. The molecule has 4 nitrogen and oxygen atoms in total. The molecule has 1 aliphatic rings. The molecule has 2 atom stereocenters. The minimum Gasteiger partial charge on any atom is -0.481 e. The Hall–Kier alpha value is -2.07. The Bertz CT molecular complexity index is 697. The van der Waals surface area contributed by atoms with Crippen molar-refractivity contribution in [2.75, 3.05) is 14.2 Å². The van der Waals surface area contributed by atoms with Crippen LogP contribution >= 0.6 is 11.6 Å². The van der Waals surface area contributed by atoms with E-state index >= 15 is 0 Å². The second-order valence-electron chi connectivity index (χ2n) is 6.10. The van der Waals surface area contributed by atoms with Crippen LogP contribution in [-0.2, 0) is 9.47 Å². The molecule has 1 rings (SSSR count). The summed E-state index contributed by atoms with van der Waals surface area (Å²) in [4.78, 5) is 8.26. The lowest BCUT2D eigenvalue weighted by molar-refractivity contribution is 0.164. The van der Waals surface area contributed by atoms with Crippen molar-refractivity contribution in [3.8, 4) is 0 Å². The molecule has 0 N–H and O–H groups in total. The Morgan fingerprint density at radius 1 is 1.38 bits per heavy atom. The molecule has 0 amide bonds. The Morgan fingerprint density at radius 2 is 2.08 bits per heavy atom. The van der Waals surface area contributed by atoms with Crippen molar-refractivity contribution in [1.82, 2.24) is 0 Å². The van der Waals surface area contributed by atoms with Crippen LogP contribution in [0.5, 0.6) is 0 Å². The minimum absolute atomic E-state index is 0.235. The van der Waals surface area contributed by atoms with Gasteiger partial charge in [-0.2, -0.15) is 0 Å². The van der Waals surface area contributed by atoms with Gasteiger partial charge in [0.1, 0.15) is 0 Å². The average molecular weight is 377 g/mol. The van der Waals surface area contributed by atoms with E-state index in [4.69, 9.17) is 21.1 Å². The summed E-state index contributed by atoms with van der Waals surface area (Å²) < 4.78 is 11.7. The highest BCUT2D eigenvalue weighted by Gasteiger charge is 2.29. The third-order valence-electron chi connectivity index (χ3n) is 4.15. The van der Waals surface area contributed by atoms with E-state index in [1.165, 1.54) is 0 Å². The SMILES string of the molecule is C=N/C(C)=C(\C=C/C)/C=C(\C)OC(C1=CC=C(Cl)C[C@@H]1C)/C(=N/C)OC. The molecule has 0 saturated heterocycles. The molecule has 0 bridgehead atoms. The van der Waals surface area contributed by atoms with Gasteiger partial charge in [-0.3, -0.25) is 9.98 Å². The quantitative estimate of drug-likeness (QED) is 0.251. The van der Waals surface area contributed by atoms with Gasteiger partial charge in [-0.25, -0.2) is 0 Å². The summed E-state index contributed by atoms with van der Waals surface area (Å²) in [5.41, 5.74) is 2.86. The largest absolute Gasteiger partial charge is 0.481 e. The smallest absolute Gasteiger partial charge is 0.229 e. The first-order valence-corrected chi connectivity index (χ1v) is 8.97. The number of ether oxygens (including phenoxy) is 2. The van der Waals surface area contributed by atoms with E-state index in [0.29, 0.717) is 5.90 Å². The molecule has 1 unspecified atom stereocenters. The molecule has 0 aliphatic heterocycles. The molecule has 0 saturated carbocycles. The van der Waals surface area contributed by atoms with E-state index in [-0.39, 0.29) is 5.92 Å². The fourth-order valence-electron chi connectivity index (χ4n) is 2.73. The average Bonchev–Trinajstić information content (AvgIpc) is 2.61. The van der Waals surface area contributed by atoms with Crippen LogP contribution in [0.25, 0.3) is 0 Å². The summed E-state index contributed by atoms with van der Waals surface area (Å²) in [6.45, 7) is 11.5. The first-order chi connectivity index (χ1) is 12.4. The normalized spacial score (nSPS) is 21.0. The molecule has 0 radical (unpaired) electrons. The van der Waals surface area contributed by atoms with E-state index in [9.17, 15) is 0 Å². The fraction of sp³-hybridized carbons (Fsp3) is 0.429. The van der Waals surface area contributed by atoms with Gasteiger partial charge in [0.2, 0.25) is 5.90 Å². The number of methoxy groups -OCH3 is 1. The van der Waals surface area contributed by atoms with Crippen LogP contribution in [0.15, 0.2) is 68.0 Å². The maximum atomic E-state index is 6.25. The molecule has 0 heterocycles. The number of hydrogen-bond acceptors (Lipinski definition) is 4. The molecule has 0 spiro atoms. The van der Waals surface area contributed by atoms with E-state index in [1.807, 2.05) is 51.2 Å². The van der Waals surface area contributed by atoms with Gasteiger partial charge in [0.25, 0.3) is 0 Å². The molecule has 0 aromatic carbocycles. The number of rotatable bonds is 7. The lowest BCUT2D eigenvalue weighted by Gasteiger charge is -2.28. The first-order valence-electron chi connectivity index (χ1n) is 8.59. The predicted octanol–water partition coefficient (Wildman–Crippen LogP) is 5.59. The molecular formula is C21H29ClN2O2. The van der Waals surface area contributed by atoms with Gasteiger partial charge in [-0.1, -0.05) is 36.8 Å². The third kappa shape index (κ3) is 6.03. The van der Waals surface area contributed by atoms with Gasteiger partial charge in [0, 0.05) is 17.8 Å². The van der Waals surface area contributed by atoms with Crippen LogP contribution < -0.4 is 0 Å². The van der Waals surface area contributed by atoms with Crippen LogP contribution in [0.3, 0.4) is 0 Å². The third-order valence-corrected chi connectivity index (χ3v) is 4.43. The van der Waals surface area contributed by atoms with E-state index in [2.05, 4.69) is 23.6 Å². The van der Waals surface area contributed by atoms with Crippen molar-refractivity contribution in [3.05, 3.63) is 58.0 Å². The molecule has 0 aromatic rings. The van der Waals surface area contributed by atoms with Gasteiger partial charge < -0.3 is 9.47 Å². The zero-order valence-corrected chi connectivity index (χ0v) is 17.3. The number of allylic oxidation sites excluding steroid dienone is 9. The minimum atomic E-state index is -0.402. The number of halogens is 1. The summed E-state index contributed by atoms with van der Waals surface area (Å²) >= 11 is 6.16. The van der Waals surface area contributed by atoms with E-state index in [1.54, 1.807) is 14.2 Å². The van der Waals surface area contributed by atoms with Gasteiger partial charge in [-0.15, -0.1) is 0 Å². The van der Waals surface area contributed by atoms with Gasteiger partial charge in [0.05, 0.1) is 12.9 Å². The summed E-state index contributed by atoms with van der Waals surface area (Å²) in [5, 5.41) is 0.839. The van der Waals surface area contributed by atoms with Crippen molar-refractivity contribution in [1.29, 1.82) is 0 Å². The van der Waals surface area contributed by atoms with Crippen molar-refractivity contribution in [3.63, 3.8) is 0 Å². The zero-order chi connectivity index (χ0) is 19.7. The topological polar surface area (TPSA) is 43.2 Å². The van der Waals surface area contributed by atoms with E-state index in [0.717, 1.165) is 34.1 Å². The monoisotopic (exact) mass is 376 g/mol. The number of aliphatic imine (C=N–C) groups is 2. The Kier molecular flexibility index (Phi) is 9.14. The van der Waals surface area contributed by atoms with Gasteiger partial charge in [0.15, 0.2) is 6.10 Å². The van der Waals surface area contributed by atoms with Crippen LogP contribution in [0.1, 0.15) is 34.1 Å². The van der Waals surface area contributed by atoms with Gasteiger partial charge >= 0.3 is 0 Å². The Labute approximate surface area is 162 Å². The lowest BCUT2D eigenvalue weighted by atomic mass is 9.89. The Balaban J connectivity index is 3.26.